The van der Waals surface area contributed by atoms with E-state index in [0.717, 1.165) is 19.0 Å². The molecule has 1 N–H and O–H groups in total. The molecule has 1 aromatic rings. The van der Waals surface area contributed by atoms with Crippen molar-refractivity contribution in [1.82, 2.24) is 20.0 Å². The summed E-state index contributed by atoms with van der Waals surface area (Å²) in [5.74, 6) is 0.864. The monoisotopic (exact) mass is 250 g/mol. The van der Waals surface area contributed by atoms with Crippen LogP contribution in [0.1, 0.15) is 31.0 Å². The quantitative estimate of drug-likeness (QED) is 0.861. The molecule has 1 aliphatic heterocycles. The molecule has 0 bridgehead atoms. The van der Waals surface area contributed by atoms with E-state index in [1.54, 1.807) is 0 Å². The summed E-state index contributed by atoms with van der Waals surface area (Å²) >= 11 is 0. The van der Waals surface area contributed by atoms with E-state index in [1.807, 2.05) is 17.9 Å². The van der Waals surface area contributed by atoms with Crippen molar-refractivity contribution in [2.75, 3.05) is 26.2 Å². The smallest absolute Gasteiger partial charge is 0.0537 e. The SMILES string of the molecule is CCN(Cc1cnn(C)c1C)CC1CCNCC1. The molecule has 0 aromatic carbocycles. The Bertz CT molecular complexity index is 366. The normalized spacial score (nSPS) is 17.6. The highest BCUT2D eigenvalue weighted by atomic mass is 15.3. The van der Waals surface area contributed by atoms with E-state index in [-0.39, 0.29) is 0 Å². The first-order valence-corrected chi connectivity index (χ1v) is 7.11. The lowest BCUT2D eigenvalue weighted by Crippen LogP contribution is -2.36. The van der Waals surface area contributed by atoms with Crippen molar-refractivity contribution in [3.8, 4) is 0 Å². The number of hydrogen-bond acceptors (Lipinski definition) is 3. The molecule has 0 unspecified atom stereocenters. The molecule has 1 saturated heterocycles. The van der Waals surface area contributed by atoms with Crippen LogP contribution in [0.3, 0.4) is 0 Å². The summed E-state index contributed by atoms with van der Waals surface area (Å²) in [5.41, 5.74) is 2.66. The predicted molar refractivity (Wildman–Crippen MR) is 74.5 cm³/mol. The van der Waals surface area contributed by atoms with Crippen LogP contribution in [0.2, 0.25) is 0 Å². The van der Waals surface area contributed by atoms with Crippen molar-refractivity contribution in [2.24, 2.45) is 13.0 Å². The van der Waals surface area contributed by atoms with E-state index in [9.17, 15) is 0 Å². The molecule has 1 aliphatic rings. The lowest BCUT2D eigenvalue weighted by Gasteiger charge is -2.29. The summed E-state index contributed by atoms with van der Waals surface area (Å²) in [7, 11) is 2.02. The number of nitrogens with zero attached hydrogens (tertiary/aromatic N) is 3. The van der Waals surface area contributed by atoms with Crippen molar-refractivity contribution in [3.63, 3.8) is 0 Å². The second-order valence-electron chi connectivity index (χ2n) is 5.40. The standard InChI is InChI=1S/C14H26N4/c1-4-18(10-13-5-7-15-8-6-13)11-14-9-16-17(3)12(14)2/h9,13,15H,4-8,10-11H2,1-3H3. The maximum atomic E-state index is 4.33. The van der Waals surface area contributed by atoms with Crippen LogP contribution in [0.4, 0.5) is 0 Å². The number of piperidine rings is 1. The van der Waals surface area contributed by atoms with E-state index in [4.69, 9.17) is 0 Å². The van der Waals surface area contributed by atoms with Gasteiger partial charge in [0.05, 0.1) is 6.20 Å². The van der Waals surface area contributed by atoms with Crippen LogP contribution in [0, 0.1) is 12.8 Å². The van der Waals surface area contributed by atoms with Gasteiger partial charge in [-0.1, -0.05) is 6.92 Å². The highest BCUT2D eigenvalue weighted by Gasteiger charge is 2.17. The van der Waals surface area contributed by atoms with Gasteiger partial charge in [-0.25, -0.2) is 0 Å². The van der Waals surface area contributed by atoms with Gasteiger partial charge in [0.1, 0.15) is 0 Å². The molecule has 0 amide bonds. The molecule has 2 rings (SSSR count). The minimum Gasteiger partial charge on any atom is -0.317 e. The Labute approximate surface area is 110 Å². The number of nitrogens with one attached hydrogen (secondary N) is 1. The average molecular weight is 250 g/mol. The molecule has 4 nitrogen and oxygen atoms in total. The van der Waals surface area contributed by atoms with Crippen molar-refractivity contribution in [2.45, 2.75) is 33.2 Å². The molecular formula is C14H26N4. The highest BCUT2D eigenvalue weighted by molar-refractivity contribution is 5.15. The molecule has 4 heteroatoms. The molecule has 0 spiro atoms. The second-order valence-corrected chi connectivity index (χ2v) is 5.40. The molecule has 2 heterocycles. The number of rotatable bonds is 5. The molecule has 0 saturated carbocycles. The second kappa shape index (κ2) is 6.34. The largest absolute Gasteiger partial charge is 0.317 e. The Balaban J connectivity index is 1.90. The van der Waals surface area contributed by atoms with E-state index >= 15 is 0 Å². The van der Waals surface area contributed by atoms with Crippen LogP contribution in [0.15, 0.2) is 6.20 Å². The first kappa shape index (κ1) is 13.6. The fourth-order valence-corrected chi connectivity index (χ4v) is 2.68. The number of aromatic nitrogens is 2. The van der Waals surface area contributed by atoms with Crippen molar-refractivity contribution >= 4 is 0 Å². The Kier molecular flexibility index (Phi) is 4.78. The van der Waals surface area contributed by atoms with Crippen LogP contribution in [-0.4, -0.2) is 40.9 Å². The summed E-state index contributed by atoms with van der Waals surface area (Å²) in [6.07, 6.45) is 4.66. The zero-order valence-electron chi connectivity index (χ0n) is 11.9. The summed E-state index contributed by atoms with van der Waals surface area (Å²) in [6.45, 7) is 10.2. The zero-order chi connectivity index (χ0) is 13.0. The van der Waals surface area contributed by atoms with Gasteiger partial charge >= 0.3 is 0 Å². The minimum absolute atomic E-state index is 0.864. The molecule has 0 aliphatic carbocycles. The lowest BCUT2D eigenvalue weighted by atomic mass is 9.97. The zero-order valence-corrected chi connectivity index (χ0v) is 11.9. The Morgan fingerprint density at radius 1 is 1.44 bits per heavy atom. The van der Waals surface area contributed by atoms with Gasteiger partial charge in [0.2, 0.25) is 0 Å². The third-order valence-electron chi connectivity index (χ3n) is 4.15. The van der Waals surface area contributed by atoms with Crippen LogP contribution >= 0.6 is 0 Å². The first-order chi connectivity index (χ1) is 8.70. The first-order valence-electron chi connectivity index (χ1n) is 7.11. The molecule has 0 atom stereocenters. The predicted octanol–water partition coefficient (Wildman–Crippen LogP) is 1.55. The van der Waals surface area contributed by atoms with Crippen LogP contribution < -0.4 is 5.32 Å². The van der Waals surface area contributed by atoms with E-state index in [0.29, 0.717) is 0 Å². The van der Waals surface area contributed by atoms with Gasteiger partial charge in [0, 0.05) is 31.4 Å². The van der Waals surface area contributed by atoms with Gasteiger partial charge in [-0.15, -0.1) is 0 Å². The van der Waals surface area contributed by atoms with E-state index in [1.165, 1.54) is 43.7 Å². The number of aryl methyl sites for hydroxylation is 1. The van der Waals surface area contributed by atoms with E-state index in [2.05, 4.69) is 29.2 Å². The Morgan fingerprint density at radius 2 is 2.17 bits per heavy atom. The maximum Gasteiger partial charge on any atom is 0.0537 e. The molecular weight excluding hydrogens is 224 g/mol. The molecule has 18 heavy (non-hydrogen) atoms. The topological polar surface area (TPSA) is 33.1 Å². The minimum atomic E-state index is 0.864. The molecule has 1 fully saturated rings. The van der Waals surface area contributed by atoms with E-state index < -0.39 is 0 Å². The summed E-state index contributed by atoms with van der Waals surface area (Å²) in [4.78, 5) is 2.56. The Morgan fingerprint density at radius 3 is 2.72 bits per heavy atom. The van der Waals surface area contributed by atoms with Crippen molar-refractivity contribution in [3.05, 3.63) is 17.5 Å². The number of hydrogen-bond donors (Lipinski definition) is 1. The Hall–Kier alpha value is -0.870. The van der Waals surface area contributed by atoms with Gasteiger partial charge in [-0.05, 0) is 45.3 Å². The molecule has 0 radical (unpaired) electrons. The summed E-state index contributed by atoms with van der Waals surface area (Å²) in [5, 5.41) is 7.77. The van der Waals surface area contributed by atoms with Crippen molar-refractivity contribution < 1.29 is 0 Å². The lowest BCUT2D eigenvalue weighted by molar-refractivity contribution is 0.206. The van der Waals surface area contributed by atoms with Gasteiger partial charge in [-0.3, -0.25) is 9.58 Å². The third-order valence-corrected chi connectivity index (χ3v) is 4.15. The van der Waals surface area contributed by atoms with Gasteiger partial charge in [-0.2, -0.15) is 5.10 Å². The van der Waals surface area contributed by atoms with Crippen LogP contribution in [0.25, 0.3) is 0 Å². The molecule has 102 valence electrons. The fourth-order valence-electron chi connectivity index (χ4n) is 2.68. The van der Waals surface area contributed by atoms with Gasteiger partial charge in [0.15, 0.2) is 0 Å². The maximum absolute atomic E-state index is 4.33. The third kappa shape index (κ3) is 3.33. The highest BCUT2D eigenvalue weighted by Crippen LogP contribution is 2.16. The average Bonchev–Trinajstić information content (AvgIpc) is 2.71. The summed E-state index contributed by atoms with van der Waals surface area (Å²) < 4.78 is 1.97. The van der Waals surface area contributed by atoms with Gasteiger partial charge < -0.3 is 5.32 Å². The van der Waals surface area contributed by atoms with Crippen molar-refractivity contribution in [1.29, 1.82) is 0 Å². The van der Waals surface area contributed by atoms with Crippen LogP contribution in [-0.2, 0) is 13.6 Å². The van der Waals surface area contributed by atoms with Gasteiger partial charge in [0.25, 0.3) is 0 Å². The van der Waals surface area contributed by atoms with Crippen LogP contribution in [0.5, 0.6) is 0 Å². The molecule has 1 aromatic heterocycles. The summed E-state index contributed by atoms with van der Waals surface area (Å²) in [6, 6.07) is 0. The fraction of sp³-hybridized carbons (Fsp3) is 0.786.